The number of quaternary nitrogens is 1. The van der Waals surface area contributed by atoms with Gasteiger partial charge in [-0.1, -0.05) is 23.9 Å². The number of esters is 1. The van der Waals surface area contributed by atoms with Gasteiger partial charge in [0.05, 0.1) is 43.6 Å². The first-order chi connectivity index (χ1) is 12.0. The molecule has 1 unspecified atom stereocenters. The van der Waals surface area contributed by atoms with E-state index in [-0.39, 0.29) is 11.9 Å². The van der Waals surface area contributed by atoms with Crippen LogP contribution in [0.2, 0.25) is 0 Å². The fraction of sp³-hybridized carbons (Fsp3) is 0.444. The number of benzene rings is 1. The van der Waals surface area contributed by atoms with E-state index >= 15 is 0 Å². The van der Waals surface area contributed by atoms with Crippen LogP contribution in [0.1, 0.15) is 12.5 Å². The summed E-state index contributed by atoms with van der Waals surface area (Å²) in [6.45, 7) is 4.43. The molecule has 1 aliphatic rings. The Morgan fingerprint density at radius 2 is 2.12 bits per heavy atom. The van der Waals surface area contributed by atoms with Crippen LogP contribution >= 0.6 is 23.5 Å². The summed E-state index contributed by atoms with van der Waals surface area (Å²) in [7, 11) is 2.12. The quantitative estimate of drug-likeness (QED) is 0.419. The maximum Gasteiger partial charge on any atom is 0.333 e. The number of hydrogen-bond donors (Lipinski definition) is 1. The lowest BCUT2D eigenvalue weighted by atomic mass is 10.2. The van der Waals surface area contributed by atoms with Crippen LogP contribution in [0.25, 0.3) is 0 Å². The number of nitrogens with one attached hydrogen (secondary N) is 1. The molecule has 7 heteroatoms. The number of carbonyl (C=O) groups excluding carboxylic acids is 2. The third-order valence-electron chi connectivity index (χ3n) is 3.87. The fourth-order valence-electron chi connectivity index (χ4n) is 2.54. The molecule has 1 N–H and O–H groups in total. The number of nitrogens with zero attached hydrogens (tertiary/aromatic N) is 1. The third-order valence-corrected chi connectivity index (χ3v) is 5.63. The van der Waals surface area contributed by atoms with Gasteiger partial charge in [-0.2, -0.15) is 0 Å². The van der Waals surface area contributed by atoms with Crippen molar-refractivity contribution in [3.8, 4) is 0 Å². The van der Waals surface area contributed by atoms with Gasteiger partial charge in [0.2, 0.25) is 5.91 Å². The fourth-order valence-corrected chi connectivity index (χ4v) is 3.90. The summed E-state index contributed by atoms with van der Waals surface area (Å²) in [5, 5.41) is 0.695. The predicted octanol–water partition coefficient (Wildman–Crippen LogP) is 1.40. The molecule has 5 nitrogen and oxygen atoms in total. The van der Waals surface area contributed by atoms with E-state index in [1.54, 1.807) is 23.6 Å². The van der Waals surface area contributed by atoms with Crippen LogP contribution in [0.3, 0.4) is 0 Å². The van der Waals surface area contributed by atoms with Crippen LogP contribution < -0.4 is 4.90 Å². The Hall–Kier alpha value is -1.44. The molecule has 1 saturated heterocycles. The molecule has 1 aromatic rings. The number of carbonyl (C=O) groups is 2. The number of likely N-dealkylation sites (N-methyl/N-ethyl adjacent to an activating group) is 1. The highest BCUT2D eigenvalue weighted by atomic mass is 32.2. The molecular formula is C18H25N2O3S2+. The molecule has 136 valence electrons. The first kappa shape index (κ1) is 19.9. The Balaban J connectivity index is 1.88. The minimum Gasteiger partial charge on any atom is -0.463 e. The van der Waals surface area contributed by atoms with E-state index in [4.69, 9.17) is 4.74 Å². The summed E-state index contributed by atoms with van der Waals surface area (Å²) in [5.74, 6) is 0.0532. The average molecular weight is 382 g/mol. The molecule has 1 atom stereocenters. The lowest BCUT2D eigenvalue weighted by Gasteiger charge is -2.20. The molecule has 1 aliphatic heterocycles. The van der Waals surface area contributed by atoms with E-state index in [0.717, 1.165) is 13.1 Å². The highest BCUT2D eigenvalue weighted by Gasteiger charge is 2.28. The van der Waals surface area contributed by atoms with Crippen molar-refractivity contribution >= 4 is 35.4 Å². The predicted molar refractivity (Wildman–Crippen MR) is 103 cm³/mol. The van der Waals surface area contributed by atoms with Crippen LogP contribution in [-0.4, -0.2) is 55.5 Å². The van der Waals surface area contributed by atoms with Gasteiger partial charge in [-0.15, -0.1) is 11.8 Å². The number of ether oxygens (including phenoxy) is 1. The first-order valence-electron chi connectivity index (χ1n) is 8.29. The van der Waals surface area contributed by atoms with Crippen molar-refractivity contribution in [2.45, 2.75) is 18.4 Å². The van der Waals surface area contributed by atoms with Crippen LogP contribution in [0, 0.1) is 0 Å². The van der Waals surface area contributed by atoms with Gasteiger partial charge >= 0.3 is 5.97 Å². The normalized spacial score (nSPS) is 17.2. The van der Waals surface area contributed by atoms with Crippen LogP contribution in [0.15, 0.2) is 40.3 Å². The number of thioether (sulfide) groups is 2. The van der Waals surface area contributed by atoms with Gasteiger partial charge in [-0.3, -0.25) is 4.79 Å². The molecule has 2 rings (SSSR count). The summed E-state index contributed by atoms with van der Waals surface area (Å²) in [6.07, 6.45) is 3.49. The smallest absolute Gasteiger partial charge is 0.333 e. The summed E-state index contributed by atoms with van der Waals surface area (Å²) in [5.41, 5.74) is 1.28. The monoisotopic (exact) mass is 381 g/mol. The van der Waals surface area contributed by atoms with Gasteiger partial charge in [-0.25, -0.2) is 4.79 Å². The minimum absolute atomic E-state index is 0.0534. The molecule has 1 heterocycles. The average Bonchev–Trinajstić information content (AvgIpc) is 2.93. The zero-order valence-corrected chi connectivity index (χ0v) is 16.5. The zero-order valence-electron chi connectivity index (χ0n) is 14.9. The van der Waals surface area contributed by atoms with Crippen molar-refractivity contribution < 1.29 is 19.2 Å². The van der Waals surface area contributed by atoms with E-state index in [2.05, 4.69) is 37.6 Å². The van der Waals surface area contributed by atoms with E-state index in [0.29, 0.717) is 23.9 Å². The second-order valence-corrected chi connectivity index (χ2v) is 7.68. The highest BCUT2D eigenvalue weighted by molar-refractivity contribution is 8.04. The van der Waals surface area contributed by atoms with Crippen LogP contribution in [0.4, 0.5) is 0 Å². The number of rotatable bonds is 8. The van der Waals surface area contributed by atoms with Crippen molar-refractivity contribution in [2.24, 2.45) is 0 Å². The van der Waals surface area contributed by atoms with Crippen LogP contribution in [0.5, 0.6) is 0 Å². The Bertz CT molecular complexity index is 632. The molecule has 1 fully saturated rings. The molecule has 0 bridgehead atoms. The lowest BCUT2D eigenvalue weighted by molar-refractivity contribution is -0.893. The summed E-state index contributed by atoms with van der Waals surface area (Å²) < 4.78 is 4.94. The zero-order chi connectivity index (χ0) is 18.2. The first-order valence-corrected chi connectivity index (χ1v) is 10.5. The van der Waals surface area contributed by atoms with Crippen molar-refractivity contribution in [3.63, 3.8) is 0 Å². The van der Waals surface area contributed by atoms with Gasteiger partial charge in [0.25, 0.3) is 0 Å². The van der Waals surface area contributed by atoms with Gasteiger partial charge < -0.3 is 14.5 Å². The van der Waals surface area contributed by atoms with Crippen LogP contribution in [-0.2, 0) is 20.9 Å². The summed E-state index contributed by atoms with van der Waals surface area (Å²) in [6, 6.07) is 8.57. The Labute approximate surface area is 157 Å². The van der Waals surface area contributed by atoms with Gasteiger partial charge in [0, 0.05) is 10.5 Å². The summed E-state index contributed by atoms with van der Waals surface area (Å²) >= 11 is 3.13. The Morgan fingerprint density at radius 3 is 2.76 bits per heavy atom. The van der Waals surface area contributed by atoms with E-state index in [9.17, 15) is 9.59 Å². The Morgan fingerprint density at radius 1 is 1.40 bits per heavy atom. The largest absolute Gasteiger partial charge is 0.463 e. The standard InChI is InChI=1S/C18H24N2O3S2/c1-4-23-18(22)11-17-20(16(21)13-25-17)10-9-19(2)12-14-5-7-15(24-3)8-6-14/h5-8,11H,4,9-10,12-13H2,1-3H3/p+1/b17-11-. The molecule has 0 spiro atoms. The van der Waals surface area contributed by atoms with Gasteiger partial charge in [0.1, 0.15) is 6.54 Å². The second kappa shape index (κ2) is 9.89. The highest BCUT2D eigenvalue weighted by Crippen LogP contribution is 2.28. The number of amides is 1. The van der Waals surface area contributed by atoms with E-state index < -0.39 is 0 Å². The molecule has 1 amide bonds. The molecule has 25 heavy (non-hydrogen) atoms. The molecule has 0 aliphatic carbocycles. The third kappa shape index (κ3) is 6.09. The van der Waals surface area contributed by atoms with E-state index in [1.807, 2.05) is 0 Å². The Kier molecular flexibility index (Phi) is 7.87. The maximum absolute atomic E-state index is 12.1. The molecule has 0 saturated carbocycles. The van der Waals surface area contributed by atoms with Crippen molar-refractivity contribution in [2.75, 3.05) is 38.8 Å². The second-order valence-electron chi connectivity index (χ2n) is 5.80. The maximum atomic E-state index is 12.1. The van der Waals surface area contributed by atoms with Gasteiger partial charge in [0.15, 0.2) is 0 Å². The summed E-state index contributed by atoms with van der Waals surface area (Å²) in [4.78, 5) is 28.0. The van der Waals surface area contributed by atoms with E-state index in [1.165, 1.54) is 33.2 Å². The van der Waals surface area contributed by atoms with Crippen molar-refractivity contribution in [1.82, 2.24) is 4.90 Å². The lowest BCUT2D eigenvalue weighted by Crippen LogP contribution is -3.08. The van der Waals surface area contributed by atoms with Crippen molar-refractivity contribution in [3.05, 3.63) is 40.9 Å². The number of hydrogen-bond acceptors (Lipinski definition) is 5. The molecular weight excluding hydrogens is 356 g/mol. The SMILES string of the molecule is CCOC(=O)/C=C1\SCC(=O)N1CC[NH+](C)Cc1ccc(SC)cc1. The molecule has 0 radical (unpaired) electrons. The van der Waals surface area contributed by atoms with Crippen molar-refractivity contribution in [1.29, 1.82) is 0 Å². The molecule has 0 aromatic heterocycles. The van der Waals surface area contributed by atoms with Gasteiger partial charge in [-0.05, 0) is 25.3 Å². The topological polar surface area (TPSA) is 51.1 Å². The molecule has 1 aromatic carbocycles. The minimum atomic E-state index is -0.390.